The Kier molecular flexibility index (Phi) is 4.01. The number of nitrogens with zero attached hydrogens (tertiary/aromatic N) is 2. The predicted octanol–water partition coefficient (Wildman–Crippen LogP) is 2.16. The highest BCUT2D eigenvalue weighted by Gasteiger charge is 2.32. The quantitative estimate of drug-likeness (QED) is 0.906. The summed E-state index contributed by atoms with van der Waals surface area (Å²) in [6, 6.07) is 1.04. The number of rotatable bonds is 2. The minimum atomic E-state index is -4.43. The normalized spacial score (nSPS) is 19.8. The fourth-order valence-electron chi connectivity index (χ4n) is 2.19. The number of nitrogens with two attached hydrogens (primary N) is 1. The molecular formula is C12H14F3N3O2. The summed E-state index contributed by atoms with van der Waals surface area (Å²) in [6.45, 7) is 0.896. The zero-order valence-corrected chi connectivity index (χ0v) is 10.6. The molecule has 20 heavy (non-hydrogen) atoms. The minimum absolute atomic E-state index is 0.311. The van der Waals surface area contributed by atoms with Crippen LogP contribution in [0, 0.1) is 0 Å². The summed E-state index contributed by atoms with van der Waals surface area (Å²) in [4.78, 5) is 16.0. The number of ether oxygens (including phenoxy) is 1. The van der Waals surface area contributed by atoms with Gasteiger partial charge < -0.3 is 15.4 Å². The van der Waals surface area contributed by atoms with Gasteiger partial charge in [-0.25, -0.2) is 4.79 Å². The molecule has 0 radical (unpaired) electrons. The lowest BCUT2D eigenvalue weighted by molar-refractivity contribution is -0.137. The van der Waals surface area contributed by atoms with Gasteiger partial charge in [0.1, 0.15) is 6.10 Å². The Labute approximate surface area is 113 Å². The molecule has 1 aliphatic heterocycles. The van der Waals surface area contributed by atoms with Crippen LogP contribution in [0.4, 0.5) is 23.7 Å². The minimum Gasteiger partial charge on any atom is -0.445 e. The molecule has 1 aliphatic rings. The largest absolute Gasteiger partial charge is 0.445 e. The van der Waals surface area contributed by atoms with Gasteiger partial charge in [0.2, 0.25) is 0 Å². The molecule has 1 amide bonds. The number of piperidine rings is 1. The van der Waals surface area contributed by atoms with E-state index >= 15 is 0 Å². The van der Waals surface area contributed by atoms with Gasteiger partial charge in [0.05, 0.1) is 24.0 Å². The monoisotopic (exact) mass is 289 g/mol. The number of hydrogen-bond donors (Lipinski definition) is 1. The number of amides is 1. The number of pyridine rings is 1. The second-order valence-corrected chi connectivity index (χ2v) is 4.58. The van der Waals surface area contributed by atoms with Crippen LogP contribution in [0.3, 0.4) is 0 Å². The van der Waals surface area contributed by atoms with E-state index in [0.29, 0.717) is 31.6 Å². The highest BCUT2D eigenvalue weighted by Crippen LogP contribution is 2.31. The number of carbonyl (C=O) groups is 1. The summed E-state index contributed by atoms with van der Waals surface area (Å²) in [5.74, 6) is 0. The molecule has 0 aliphatic carbocycles. The summed E-state index contributed by atoms with van der Waals surface area (Å²) < 4.78 is 42.8. The molecule has 8 heteroatoms. The van der Waals surface area contributed by atoms with Gasteiger partial charge in [-0.2, -0.15) is 13.2 Å². The predicted molar refractivity (Wildman–Crippen MR) is 65.1 cm³/mol. The van der Waals surface area contributed by atoms with Crippen LogP contribution in [-0.2, 0) is 10.9 Å². The molecule has 1 aromatic heterocycles. The van der Waals surface area contributed by atoms with Gasteiger partial charge >= 0.3 is 12.3 Å². The summed E-state index contributed by atoms with van der Waals surface area (Å²) in [6.07, 6.45) is -2.22. The zero-order valence-electron chi connectivity index (χ0n) is 10.6. The molecule has 1 aromatic rings. The van der Waals surface area contributed by atoms with Gasteiger partial charge in [-0.3, -0.25) is 4.98 Å². The second kappa shape index (κ2) is 5.56. The van der Waals surface area contributed by atoms with Crippen molar-refractivity contribution < 1.29 is 22.7 Å². The van der Waals surface area contributed by atoms with Gasteiger partial charge in [-0.05, 0) is 18.9 Å². The first-order valence-corrected chi connectivity index (χ1v) is 6.09. The first kappa shape index (κ1) is 14.4. The van der Waals surface area contributed by atoms with Crippen molar-refractivity contribution >= 4 is 11.8 Å². The van der Waals surface area contributed by atoms with Crippen LogP contribution in [0.1, 0.15) is 18.4 Å². The molecular weight excluding hydrogens is 275 g/mol. The topological polar surface area (TPSA) is 68.5 Å². The van der Waals surface area contributed by atoms with E-state index in [2.05, 4.69) is 4.98 Å². The van der Waals surface area contributed by atoms with Crippen LogP contribution in [0.15, 0.2) is 18.5 Å². The van der Waals surface area contributed by atoms with E-state index < -0.39 is 23.9 Å². The Bertz CT molecular complexity index is 493. The molecule has 0 saturated carbocycles. The van der Waals surface area contributed by atoms with Crippen molar-refractivity contribution in [1.29, 1.82) is 0 Å². The Hall–Kier alpha value is -1.99. The third-order valence-corrected chi connectivity index (χ3v) is 3.08. The standard InChI is InChI=1S/C12H14F3N3O2/c13-12(14,15)8-4-9(6-17-5-8)18-3-1-2-10(7-18)20-11(16)19/h4-6,10H,1-3,7H2,(H2,16,19)/t10-/m1/s1. The third kappa shape index (κ3) is 3.52. The summed E-state index contributed by atoms with van der Waals surface area (Å²) in [7, 11) is 0. The summed E-state index contributed by atoms with van der Waals surface area (Å²) in [5.41, 5.74) is 4.51. The van der Waals surface area contributed by atoms with Gasteiger partial charge in [0, 0.05) is 12.7 Å². The summed E-state index contributed by atoms with van der Waals surface area (Å²) in [5, 5.41) is 0. The van der Waals surface area contributed by atoms with Crippen molar-refractivity contribution in [2.45, 2.75) is 25.1 Å². The van der Waals surface area contributed by atoms with Gasteiger partial charge in [-0.15, -0.1) is 0 Å². The molecule has 2 N–H and O–H groups in total. The van der Waals surface area contributed by atoms with Crippen molar-refractivity contribution in [2.75, 3.05) is 18.0 Å². The third-order valence-electron chi connectivity index (χ3n) is 3.08. The lowest BCUT2D eigenvalue weighted by atomic mass is 10.1. The maximum absolute atomic E-state index is 12.6. The van der Waals surface area contributed by atoms with Gasteiger partial charge in [-0.1, -0.05) is 0 Å². The Morgan fingerprint density at radius 2 is 2.20 bits per heavy atom. The van der Waals surface area contributed by atoms with E-state index in [1.54, 1.807) is 4.90 Å². The molecule has 2 heterocycles. The number of carbonyl (C=O) groups excluding carboxylic acids is 1. The Morgan fingerprint density at radius 3 is 2.85 bits per heavy atom. The SMILES string of the molecule is NC(=O)O[C@@H]1CCCN(c2cncc(C(F)(F)F)c2)C1. The molecule has 0 unspecified atom stereocenters. The maximum Gasteiger partial charge on any atom is 0.417 e. The Morgan fingerprint density at radius 1 is 1.45 bits per heavy atom. The molecule has 5 nitrogen and oxygen atoms in total. The molecule has 0 spiro atoms. The second-order valence-electron chi connectivity index (χ2n) is 4.58. The Balaban J connectivity index is 2.13. The average molecular weight is 289 g/mol. The van der Waals surface area contributed by atoms with Crippen molar-refractivity contribution in [3.05, 3.63) is 24.0 Å². The zero-order chi connectivity index (χ0) is 14.8. The van der Waals surface area contributed by atoms with E-state index in [1.165, 1.54) is 6.20 Å². The highest BCUT2D eigenvalue weighted by atomic mass is 19.4. The van der Waals surface area contributed by atoms with E-state index in [1.807, 2.05) is 0 Å². The smallest absolute Gasteiger partial charge is 0.417 e. The van der Waals surface area contributed by atoms with Crippen molar-refractivity contribution in [3.63, 3.8) is 0 Å². The van der Waals surface area contributed by atoms with Crippen LogP contribution >= 0.6 is 0 Å². The van der Waals surface area contributed by atoms with Crippen LogP contribution in [0.2, 0.25) is 0 Å². The van der Waals surface area contributed by atoms with Crippen molar-refractivity contribution in [1.82, 2.24) is 4.98 Å². The molecule has 0 bridgehead atoms. The van der Waals surface area contributed by atoms with Crippen molar-refractivity contribution in [3.8, 4) is 0 Å². The molecule has 0 aromatic carbocycles. The lowest BCUT2D eigenvalue weighted by Gasteiger charge is -2.33. The maximum atomic E-state index is 12.6. The molecule has 1 saturated heterocycles. The number of anilines is 1. The van der Waals surface area contributed by atoms with Gasteiger partial charge in [0.15, 0.2) is 0 Å². The first-order valence-electron chi connectivity index (χ1n) is 6.09. The van der Waals surface area contributed by atoms with Crippen molar-refractivity contribution in [2.24, 2.45) is 5.73 Å². The highest BCUT2D eigenvalue weighted by molar-refractivity contribution is 5.65. The average Bonchev–Trinajstić information content (AvgIpc) is 2.37. The molecule has 1 fully saturated rings. The van der Waals surface area contributed by atoms with Crippen LogP contribution in [0.25, 0.3) is 0 Å². The van der Waals surface area contributed by atoms with Crippen LogP contribution < -0.4 is 10.6 Å². The van der Waals surface area contributed by atoms with E-state index in [-0.39, 0.29) is 0 Å². The number of aromatic nitrogens is 1. The fraction of sp³-hybridized carbons (Fsp3) is 0.500. The first-order chi connectivity index (χ1) is 9.36. The molecule has 110 valence electrons. The van der Waals surface area contributed by atoms with Gasteiger partial charge in [0.25, 0.3) is 0 Å². The van der Waals surface area contributed by atoms with E-state index in [4.69, 9.17) is 10.5 Å². The number of primary amides is 1. The molecule has 1 atom stereocenters. The fourth-order valence-corrected chi connectivity index (χ4v) is 2.19. The number of hydrogen-bond acceptors (Lipinski definition) is 4. The number of halogens is 3. The van der Waals surface area contributed by atoms with Crippen LogP contribution in [-0.4, -0.2) is 30.3 Å². The molecule has 2 rings (SSSR count). The lowest BCUT2D eigenvalue weighted by Crippen LogP contribution is -2.41. The van der Waals surface area contributed by atoms with E-state index in [0.717, 1.165) is 12.3 Å². The van der Waals surface area contributed by atoms with Crippen LogP contribution in [0.5, 0.6) is 0 Å². The number of alkyl halides is 3. The summed E-state index contributed by atoms with van der Waals surface area (Å²) >= 11 is 0. The van der Waals surface area contributed by atoms with E-state index in [9.17, 15) is 18.0 Å².